The van der Waals surface area contributed by atoms with E-state index in [-0.39, 0.29) is 10.6 Å². The van der Waals surface area contributed by atoms with Gasteiger partial charge in [-0.1, -0.05) is 30.3 Å². The van der Waals surface area contributed by atoms with Crippen molar-refractivity contribution in [3.05, 3.63) is 70.3 Å². The lowest BCUT2D eigenvalue weighted by Crippen LogP contribution is -2.39. The van der Waals surface area contributed by atoms with Crippen molar-refractivity contribution in [3.8, 4) is 0 Å². The van der Waals surface area contributed by atoms with E-state index in [2.05, 4.69) is 4.74 Å². The van der Waals surface area contributed by atoms with Crippen LogP contribution in [0.2, 0.25) is 0 Å². The Morgan fingerprint density at radius 1 is 1.19 bits per heavy atom. The van der Waals surface area contributed by atoms with Crippen molar-refractivity contribution >= 4 is 21.7 Å². The van der Waals surface area contributed by atoms with Crippen LogP contribution in [0.5, 0.6) is 0 Å². The third kappa shape index (κ3) is 5.09. The lowest BCUT2D eigenvalue weighted by Gasteiger charge is -2.24. The highest BCUT2D eigenvalue weighted by molar-refractivity contribution is 7.89. The molecule has 0 saturated carbocycles. The van der Waals surface area contributed by atoms with E-state index in [4.69, 9.17) is 0 Å². The average molecular weight is 394 g/mol. The zero-order valence-electron chi connectivity index (χ0n) is 14.4. The maximum Gasteiger partial charge on any atom is 0.321 e. The van der Waals surface area contributed by atoms with Gasteiger partial charge in [0.25, 0.3) is 5.69 Å². The number of carbonyl (C=O) groups excluding carboxylic acids is 1. The minimum atomic E-state index is -4.20. The van der Waals surface area contributed by atoms with Crippen molar-refractivity contribution in [2.45, 2.75) is 11.0 Å². The second-order valence-corrected chi connectivity index (χ2v) is 7.49. The van der Waals surface area contributed by atoms with Crippen LogP contribution in [-0.2, 0) is 19.6 Å². The van der Waals surface area contributed by atoms with E-state index in [1.54, 1.807) is 30.3 Å². The molecule has 144 valence electrons. The smallest absolute Gasteiger partial charge is 0.321 e. The lowest BCUT2D eigenvalue weighted by atomic mass is 10.1. The molecule has 0 bridgehead atoms. The first kappa shape index (κ1) is 20.5. The predicted octanol–water partition coefficient (Wildman–Crippen LogP) is 1.49. The molecule has 1 N–H and O–H groups in total. The number of nitro benzene ring substituents is 1. The molecular formula is C17H18N2O7S. The fourth-order valence-corrected chi connectivity index (χ4v) is 3.71. The maximum absolute atomic E-state index is 12.9. The van der Waals surface area contributed by atoms with Gasteiger partial charge in [0.2, 0.25) is 10.0 Å². The number of aliphatic hydroxyl groups excluding tert-OH is 1. The largest absolute Gasteiger partial charge is 0.468 e. The Morgan fingerprint density at radius 2 is 1.78 bits per heavy atom. The molecule has 0 aliphatic carbocycles. The van der Waals surface area contributed by atoms with Gasteiger partial charge in [0, 0.05) is 18.7 Å². The van der Waals surface area contributed by atoms with Crippen LogP contribution in [0.1, 0.15) is 11.7 Å². The SMILES string of the molecule is COC(=O)CN(CC(O)c1ccccc1)S(=O)(=O)c1ccc([N+](=O)[O-])cc1. The lowest BCUT2D eigenvalue weighted by molar-refractivity contribution is -0.384. The van der Waals surface area contributed by atoms with Gasteiger partial charge in [-0.25, -0.2) is 8.42 Å². The number of hydrogen-bond donors (Lipinski definition) is 1. The van der Waals surface area contributed by atoms with E-state index in [1.807, 2.05) is 0 Å². The fraction of sp³-hybridized carbons (Fsp3) is 0.235. The van der Waals surface area contributed by atoms with E-state index in [0.29, 0.717) is 5.56 Å². The van der Waals surface area contributed by atoms with Gasteiger partial charge in [-0.2, -0.15) is 4.31 Å². The average Bonchev–Trinajstić information content (AvgIpc) is 2.67. The summed E-state index contributed by atoms with van der Waals surface area (Å²) in [7, 11) is -3.08. The highest BCUT2D eigenvalue weighted by Crippen LogP contribution is 2.22. The highest BCUT2D eigenvalue weighted by atomic mass is 32.2. The normalized spacial score (nSPS) is 12.6. The molecule has 1 atom stereocenters. The topological polar surface area (TPSA) is 127 Å². The summed E-state index contributed by atoms with van der Waals surface area (Å²) in [6.07, 6.45) is -1.18. The first-order valence-electron chi connectivity index (χ1n) is 7.80. The monoisotopic (exact) mass is 394 g/mol. The molecule has 27 heavy (non-hydrogen) atoms. The molecule has 2 aromatic rings. The number of sulfonamides is 1. The summed E-state index contributed by atoms with van der Waals surface area (Å²) in [5, 5.41) is 21.1. The number of ether oxygens (including phenoxy) is 1. The predicted molar refractivity (Wildman–Crippen MR) is 95.3 cm³/mol. The Kier molecular flexibility index (Phi) is 6.61. The summed E-state index contributed by atoms with van der Waals surface area (Å²) >= 11 is 0. The van der Waals surface area contributed by atoms with Crippen molar-refractivity contribution in [2.75, 3.05) is 20.2 Å². The second-order valence-electron chi connectivity index (χ2n) is 5.55. The van der Waals surface area contributed by atoms with Gasteiger partial charge in [-0.3, -0.25) is 14.9 Å². The number of non-ortho nitro benzene ring substituents is 1. The zero-order chi connectivity index (χ0) is 20.0. The summed E-state index contributed by atoms with van der Waals surface area (Å²) in [5.41, 5.74) is 0.212. The Labute approximate surface area is 156 Å². The first-order chi connectivity index (χ1) is 12.8. The van der Waals surface area contributed by atoms with E-state index < -0.39 is 40.1 Å². The van der Waals surface area contributed by atoms with Gasteiger partial charge in [0.05, 0.1) is 23.0 Å². The van der Waals surface area contributed by atoms with Crippen molar-refractivity contribution in [2.24, 2.45) is 0 Å². The van der Waals surface area contributed by atoms with Crippen LogP contribution in [0.4, 0.5) is 5.69 Å². The Balaban J connectivity index is 2.33. The summed E-state index contributed by atoms with van der Waals surface area (Å²) < 4.78 is 31.0. The van der Waals surface area contributed by atoms with Gasteiger partial charge in [0.15, 0.2) is 0 Å². The van der Waals surface area contributed by atoms with Crippen LogP contribution >= 0.6 is 0 Å². The summed E-state index contributed by atoms with van der Waals surface area (Å²) in [6, 6.07) is 12.6. The van der Waals surface area contributed by atoms with Gasteiger partial charge in [-0.05, 0) is 17.7 Å². The third-order valence-corrected chi connectivity index (χ3v) is 5.61. The first-order valence-corrected chi connectivity index (χ1v) is 9.24. The number of carbonyl (C=O) groups is 1. The minimum absolute atomic E-state index is 0.239. The van der Waals surface area contributed by atoms with E-state index in [9.17, 15) is 28.4 Å². The summed E-state index contributed by atoms with van der Waals surface area (Å²) in [6.45, 7) is -1.00. The Morgan fingerprint density at radius 3 is 2.30 bits per heavy atom. The summed E-state index contributed by atoms with van der Waals surface area (Å²) in [5.74, 6) is -0.805. The molecule has 0 aliphatic rings. The van der Waals surface area contributed by atoms with Gasteiger partial charge < -0.3 is 9.84 Å². The van der Waals surface area contributed by atoms with Crippen LogP contribution in [0.15, 0.2) is 59.5 Å². The highest BCUT2D eigenvalue weighted by Gasteiger charge is 2.30. The van der Waals surface area contributed by atoms with Gasteiger partial charge in [-0.15, -0.1) is 0 Å². The number of nitrogens with zero attached hydrogens (tertiary/aromatic N) is 2. The van der Waals surface area contributed by atoms with Crippen molar-refractivity contribution in [1.29, 1.82) is 0 Å². The molecule has 0 heterocycles. The van der Waals surface area contributed by atoms with Crippen molar-refractivity contribution in [3.63, 3.8) is 0 Å². The number of aliphatic hydroxyl groups is 1. The molecular weight excluding hydrogens is 376 g/mol. The number of esters is 1. The fourth-order valence-electron chi connectivity index (χ4n) is 2.32. The quantitative estimate of drug-likeness (QED) is 0.408. The van der Waals surface area contributed by atoms with Gasteiger partial charge in [0.1, 0.15) is 6.54 Å². The Hall–Kier alpha value is -2.82. The molecule has 0 saturated heterocycles. The molecule has 0 spiro atoms. The minimum Gasteiger partial charge on any atom is -0.468 e. The Bertz CT molecular complexity index is 899. The molecule has 9 nitrogen and oxygen atoms in total. The van der Waals surface area contributed by atoms with Crippen LogP contribution in [0.25, 0.3) is 0 Å². The molecule has 0 aromatic heterocycles. The maximum atomic E-state index is 12.9. The molecule has 0 fully saturated rings. The second kappa shape index (κ2) is 8.71. The zero-order valence-corrected chi connectivity index (χ0v) is 15.2. The number of nitro groups is 1. The van der Waals surface area contributed by atoms with E-state index >= 15 is 0 Å². The third-order valence-electron chi connectivity index (χ3n) is 3.78. The van der Waals surface area contributed by atoms with Gasteiger partial charge >= 0.3 is 5.97 Å². The van der Waals surface area contributed by atoms with Crippen LogP contribution in [0.3, 0.4) is 0 Å². The molecule has 2 rings (SSSR count). The number of rotatable bonds is 8. The molecule has 10 heteroatoms. The van der Waals surface area contributed by atoms with Crippen LogP contribution in [0, 0.1) is 10.1 Å². The molecule has 1 unspecified atom stereocenters. The number of benzene rings is 2. The van der Waals surface area contributed by atoms with E-state index in [1.165, 1.54) is 0 Å². The molecule has 0 aliphatic heterocycles. The summed E-state index contributed by atoms with van der Waals surface area (Å²) in [4.78, 5) is 21.5. The molecule has 0 radical (unpaired) electrons. The standard InChI is InChI=1S/C17H18N2O7S/c1-26-17(21)12-18(11-16(20)13-5-3-2-4-6-13)27(24,25)15-9-7-14(8-10-15)19(22)23/h2-10,16,20H,11-12H2,1H3. The number of methoxy groups -OCH3 is 1. The van der Waals surface area contributed by atoms with E-state index in [0.717, 1.165) is 35.7 Å². The molecule has 0 amide bonds. The molecule has 2 aromatic carbocycles. The van der Waals surface area contributed by atoms with Crippen molar-refractivity contribution < 1.29 is 28.0 Å². The van der Waals surface area contributed by atoms with Crippen LogP contribution < -0.4 is 0 Å². The number of hydrogen-bond acceptors (Lipinski definition) is 7. The van der Waals surface area contributed by atoms with Crippen molar-refractivity contribution in [1.82, 2.24) is 4.31 Å². The van der Waals surface area contributed by atoms with Crippen LogP contribution in [-0.4, -0.2) is 48.9 Å².